The molecule has 23 heavy (non-hydrogen) atoms. The van der Waals surface area contributed by atoms with Crippen LogP contribution in [0.4, 0.5) is 0 Å². The number of hydrogen-bond donors (Lipinski definition) is 2. The third-order valence-corrected chi connectivity index (χ3v) is 4.11. The van der Waals surface area contributed by atoms with Gasteiger partial charge < -0.3 is 10.2 Å². The smallest absolute Gasteiger partial charge is 0.358 e. The highest BCUT2D eigenvalue weighted by Gasteiger charge is 2.27. The molecule has 0 bridgehead atoms. The molecule has 8 heteroatoms. The summed E-state index contributed by atoms with van der Waals surface area (Å²) in [6, 6.07) is 10.6. The number of aromatic carboxylic acids is 1. The number of para-hydroxylation sites is 1. The zero-order chi connectivity index (χ0) is 16.7. The molecular weight excluding hydrogens is 341 g/mol. The monoisotopic (exact) mass is 347 g/mol. The van der Waals surface area contributed by atoms with Crippen LogP contribution in [-0.4, -0.2) is 25.7 Å². The quantitative estimate of drug-likeness (QED) is 0.737. The third-order valence-electron chi connectivity index (χ3n) is 3.29. The Labute approximate surface area is 139 Å². The molecule has 114 valence electrons. The van der Waals surface area contributed by atoms with Crippen molar-refractivity contribution in [2.75, 3.05) is 0 Å². The number of carboxylic acids is 1. The van der Waals surface area contributed by atoms with E-state index >= 15 is 0 Å². The molecule has 0 atom stereocenters. The van der Waals surface area contributed by atoms with Crippen LogP contribution in [0.3, 0.4) is 0 Å². The van der Waals surface area contributed by atoms with Crippen molar-refractivity contribution >= 4 is 40.1 Å². The summed E-state index contributed by atoms with van der Waals surface area (Å²) in [5.41, 5.74) is -0.114. The number of nitriles is 1. The Morgan fingerprint density at radius 2 is 1.91 bits per heavy atom. The molecule has 0 amide bonds. The number of carboxylic acid groups (broad SMARTS) is 1. The average molecular weight is 348 g/mol. The van der Waals surface area contributed by atoms with Crippen molar-refractivity contribution in [1.82, 2.24) is 9.55 Å². The summed E-state index contributed by atoms with van der Waals surface area (Å²) in [6.45, 7) is 0. The molecule has 0 radical (unpaired) electrons. The predicted molar refractivity (Wildman–Crippen MR) is 84.4 cm³/mol. The van der Waals surface area contributed by atoms with E-state index in [2.05, 4.69) is 4.98 Å². The molecule has 2 N–H and O–H groups in total. The Morgan fingerprint density at radius 1 is 1.26 bits per heavy atom. The van der Waals surface area contributed by atoms with Crippen LogP contribution in [0.15, 0.2) is 30.3 Å². The first-order valence-corrected chi connectivity index (χ1v) is 7.04. The van der Waals surface area contributed by atoms with E-state index in [-0.39, 0.29) is 26.8 Å². The Bertz CT molecular complexity index is 991. The number of halogens is 2. The van der Waals surface area contributed by atoms with E-state index in [9.17, 15) is 15.2 Å². The Balaban J connectivity index is 2.55. The molecule has 3 aromatic rings. The molecule has 3 rings (SSSR count). The average Bonchev–Trinajstić information content (AvgIpc) is 2.81. The molecule has 0 fully saturated rings. The molecular formula is C15H7Cl2N3O3. The lowest BCUT2D eigenvalue weighted by Crippen LogP contribution is -2.05. The molecule has 0 spiro atoms. The largest absolute Gasteiger partial charge is 0.505 e. The van der Waals surface area contributed by atoms with Crippen molar-refractivity contribution in [3.8, 4) is 17.5 Å². The summed E-state index contributed by atoms with van der Waals surface area (Å²) in [5, 5.41) is 28.6. The van der Waals surface area contributed by atoms with Gasteiger partial charge in [0.1, 0.15) is 11.2 Å². The van der Waals surface area contributed by atoms with E-state index in [0.29, 0.717) is 5.69 Å². The topological polar surface area (TPSA) is 99.1 Å². The van der Waals surface area contributed by atoms with Crippen LogP contribution in [0, 0.1) is 11.3 Å². The maximum Gasteiger partial charge on any atom is 0.358 e. The number of aromatic nitrogens is 2. The fraction of sp³-hybridized carbons (Fsp3) is 0. The van der Waals surface area contributed by atoms with Gasteiger partial charge in [-0.05, 0) is 12.1 Å². The summed E-state index contributed by atoms with van der Waals surface area (Å²) in [6.07, 6.45) is 0. The Morgan fingerprint density at radius 3 is 2.48 bits per heavy atom. The highest BCUT2D eigenvalue weighted by atomic mass is 35.5. The summed E-state index contributed by atoms with van der Waals surface area (Å²) in [4.78, 5) is 14.9. The van der Waals surface area contributed by atoms with E-state index in [4.69, 9.17) is 28.3 Å². The minimum absolute atomic E-state index is 0.0236. The van der Waals surface area contributed by atoms with Gasteiger partial charge in [0.2, 0.25) is 0 Å². The zero-order valence-electron chi connectivity index (χ0n) is 11.3. The molecule has 0 aliphatic rings. The highest BCUT2D eigenvalue weighted by molar-refractivity contribution is 6.46. The summed E-state index contributed by atoms with van der Waals surface area (Å²) >= 11 is 12.4. The molecule has 0 saturated carbocycles. The molecule has 0 saturated heterocycles. The summed E-state index contributed by atoms with van der Waals surface area (Å²) in [5.74, 6) is -2.10. The number of carbonyl (C=O) groups is 1. The fourth-order valence-electron chi connectivity index (χ4n) is 2.34. The van der Waals surface area contributed by atoms with Gasteiger partial charge in [0.05, 0.1) is 15.9 Å². The van der Waals surface area contributed by atoms with E-state index in [1.807, 2.05) is 6.07 Å². The van der Waals surface area contributed by atoms with Crippen LogP contribution in [-0.2, 0) is 0 Å². The SMILES string of the molecule is N#Cc1nc(C(=O)O)c(O)c2c(Cl)c(Cl)n(-c3ccccc3)c12. The van der Waals surface area contributed by atoms with Crippen molar-refractivity contribution < 1.29 is 15.0 Å². The van der Waals surface area contributed by atoms with E-state index in [1.54, 1.807) is 30.3 Å². The summed E-state index contributed by atoms with van der Waals surface area (Å²) < 4.78 is 1.44. The first-order chi connectivity index (χ1) is 11.0. The molecule has 0 unspecified atom stereocenters. The Hall–Kier alpha value is -2.75. The van der Waals surface area contributed by atoms with Crippen molar-refractivity contribution in [2.45, 2.75) is 0 Å². The van der Waals surface area contributed by atoms with Crippen molar-refractivity contribution in [3.63, 3.8) is 0 Å². The van der Waals surface area contributed by atoms with Gasteiger partial charge in [0.25, 0.3) is 0 Å². The van der Waals surface area contributed by atoms with Crippen molar-refractivity contribution in [3.05, 3.63) is 51.9 Å². The summed E-state index contributed by atoms with van der Waals surface area (Å²) in [7, 11) is 0. The van der Waals surface area contributed by atoms with E-state index < -0.39 is 17.4 Å². The second kappa shape index (κ2) is 5.47. The molecule has 1 aromatic carbocycles. The third kappa shape index (κ3) is 2.18. The second-order valence-corrected chi connectivity index (χ2v) is 5.31. The van der Waals surface area contributed by atoms with Gasteiger partial charge in [0.15, 0.2) is 17.1 Å². The predicted octanol–water partition coefficient (Wildman–Crippen LogP) is 3.61. The number of pyridine rings is 1. The van der Waals surface area contributed by atoms with Gasteiger partial charge in [-0.15, -0.1) is 0 Å². The maximum absolute atomic E-state index is 11.2. The zero-order valence-corrected chi connectivity index (χ0v) is 12.8. The highest BCUT2D eigenvalue weighted by Crippen LogP contribution is 2.43. The minimum atomic E-state index is -1.47. The number of rotatable bonds is 2. The van der Waals surface area contributed by atoms with Gasteiger partial charge in [-0.25, -0.2) is 9.78 Å². The number of hydrogen-bond acceptors (Lipinski definition) is 4. The standard InChI is InChI=1S/C15H7Cl2N3O3/c16-10-9-12(8(6-18)19-11(13(9)21)15(22)23)20(14(10)17)7-4-2-1-3-5-7/h1-5,21H,(H,22,23). The Kier molecular flexibility index (Phi) is 3.60. The lowest BCUT2D eigenvalue weighted by Gasteiger charge is -2.08. The number of benzene rings is 1. The van der Waals surface area contributed by atoms with Crippen LogP contribution in [0.1, 0.15) is 16.2 Å². The molecule has 2 aromatic heterocycles. The van der Waals surface area contributed by atoms with Crippen LogP contribution in [0.2, 0.25) is 10.2 Å². The molecule has 0 aliphatic heterocycles. The minimum Gasteiger partial charge on any atom is -0.505 e. The lowest BCUT2D eigenvalue weighted by molar-refractivity contribution is 0.0687. The molecule has 2 heterocycles. The maximum atomic E-state index is 11.2. The number of nitrogens with zero attached hydrogens (tertiary/aromatic N) is 3. The van der Waals surface area contributed by atoms with Crippen molar-refractivity contribution in [2.24, 2.45) is 0 Å². The molecule has 0 aliphatic carbocycles. The van der Waals surface area contributed by atoms with Crippen molar-refractivity contribution in [1.29, 1.82) is 5.26 Å². The number of fused-ring (bicyclic) bond motifs is 1. The van der Waals surface area contributed by atoms with Crippen LogP contribution in [0.5, 0.6) is 5.75 Å². The van der Waals surface area contributed by atoms with Crippen LogP contribution in [0.25, 0.3) is 16.6 Å². The van der Waals surface area contributed by atoms with Gasteiger partial charge >= 0.3 is 5.97 Å². The van der Waals surface area contributed by atoms with Gasteiger partial charge in [-0.2, -0.15) is 5.26 Å². The van der Waals surface area contributed by atoms with E-state index in [1.165, 1.54) is 4.57 Å². The van der Waals surface area contributed by atoms with Gasteiger partial charge in [-0.3, -0.25) is 4.57 Å². The lowest BCUT2D eigenvalue weighted by atomic mass is 10.2. The van der Waals surface area contributed by atoms with Gasteiger partial charge in [0, 0.05) is 5.69 Å². The first kappa shape index (κ1) is 15.2. The van der Waals surface area contributed by atoms with Gasteiger partial charge in [-0.1, -0.05) is 41.4 Å². The van der Waals surface area contributed by atoms with E-state index in [0.717, 1.165) is 0 Å². The van der Waals surface area contributed by atoms with Crippen LogP contribution >= 0.6 is 23.2 Å². The normalized spacial score (nSPS) is 10.7. The van der Waals surface area contributed by atoms with Crippen LogP contribution < -0.4 is 0 Å². The fourth-order valence-corrected chi connectivity index (χ4v) is 2.88. The second-order valence-electron chi connectivity index (χ2n) is 4.57. The molecule has 6 nitrogen and oxygen atoms in total. The first-order valence-electron chi connectivity index (χ1n) is 6.28. The number of aromatic hydroxyl groups is 1.